The highest BCUT2D eigenvalue weighted by Gasteiger charge is 2.33. The number of aromatic nitrogens is 2. The SMILES string of the molecule is CC1(c2cncn2C2CCCCC2)CCNCC1. The average molecular weight is 247 g/mol. The Kier molecular flexibility index (Phi) is 3.42. The highest BCUT2D eigenvalue weighted by molar-refractivity contribution is 5.16. The molecule has 1 saturated heterocycles. The van der Waals surface area contributed by atoms with E-state index in [2.05, 4.69) is 34.3 Å². The molecule has 1 aromatic rings. The van der Waals surface area contributed by atoms with Gasteiger partial charge in [0.1, 0.15) is 0 Å². The van der Waals surface area contributed by atoms with Crippen LogP contribution in [0.25, 0.3) is 0 Å². The number of hydrogen-bond donors (Lipinski definition) is 1. The Hall–Kier alpha value is -0.830. The Balaban J connectivity index is 1.85. The van der Waals surface area contributed by atoms with E-state index in [1.165, 1.54) is 50.6 Å². The molecule has 1 aromatic heterocycles. The van der Waals surface area contributed by atoms with Crippen molar-refractivity contribution in [3.63, 3.8) is 0 Å². The van der Waals surface area contributed by atoms with Crippen molar-refractivity contribution in [3.05, 3.63) is 18.2 Å². The normalized spacial score (nSPS) is 25.2. The van der Waals surface area contributed by atoms with Crippen molar-refractivity contribution in [2.45, 2.75) is 63.3 Å². The Morgan fingerprint density at radius 2 is 1.94 bits per heavy atom. The van der Waals surface area contributed by atoms with E-state index in [-0.39, 0.29) is 0 Å². The van der Waals surface area contributed by atoms with Crippen LogP contribution in [-0.2, 0) is 5.41 Å². The lowest BCUT2D eigenvalue weighted by Crippen LogP contribution is -2.39. The van der Waals surface area contributed by atoms with Crippen LogP contribution in [0.2, 0.25) is 0 Å². The second kappa shape index (κ2) is 5.04. The van der Waals surface area contributed by atoms with Gasteiger partial charge < -0.3 is 9.88 Å². The summed E-state index contributed by atoms with van der Waals surface area (Å²) < 4.78 is 2.50. The molecular weight excluding hydrogens is 222 g/mol. The van der Waals surface area contributed by atoms with Gasteiger partial charge in [0, 0.05) is 23.3 Å². The largest absolute Gasteiger partial charge is 0.331 e. The fourth-order valence-corrected chi connectivity index (χ4v) is 3.66. The molecule has 0 amide bonds. The Morgan fingerprint density at radius 1 is 1.22 bits per heavy atom. The van der Waals surface area contributed by atoms with Gasteiger partial charge in [-0.25, -0.2) is 4.98 Å². The molecule has 0 spiro atoms. The predicted octanol–water partition coefficient (Wildman–Crippen LogP) is 3.03. The van der Waals surface area contributed by atoms with Gasteiger partial charge in [0.2, 0.25) is 0 Å². The smallest absolute Gasteiger partial charge is 0.0950 e. The van der Waals surface area contributed by atoms with Crippen molar-refractivity contribution >= 4 is 0 Å². The molecule has 1 aliphatic carbocycles. The highest BCUT2D eigenvalue weighted by Crippen LogP contribution is 2.37. The standard InChI is InChI=1S/C15H25N3/c1-15(7-9-16-10-8-15)14-11-17-12-18(14)13-5-3-2-4-6-13/h11-13,16H,2-10H2,1H3. The Morgan fingerprint density at radius 3 is 2.67 bits per heavy atom. The van der Waals surface area contributed by atoms with Gasteiger partial charge in [-0.3, -0.25) is 0 Å². The maximum Gasteiger partial charge on any atom is 0.0950 e. The van der Waals surface area contributed by atoms with Crippen molar-refractivity contribution in [1.82, 2.24) is 14.9 Å². The van der Waals surface area contributed by atoms with Gasteiger partial charge in [-0.15, -0.1) is 0 Å². The first kappa shape index (κ1) is 12.2. The minimum atomic E-state index is 0.333. The van der Waals surface area contributed by atoms with Gasteiger partial charge in [-0.1, -0.05) is 26.2 Å². The van der Waals surface area contributed by atoms with E-state index in [1.54, 1.807) is 0 Å². The summed E-state index contributed by atoms with van der Waals surface area (Å²) in [6.45, 7) is 4.71. The quantitative estimate of drug-likeness (QED) is 0.870. The number of nitrogens with zero attached hydrogens (tertiary/aromatic N) is 2. The second-order valence-corrected chi connectivity index (χ2v) is 6.29. The van der Waals surface area contributed by atoms with Crippen molar-refractivity contribution in [1.29, 1.82) is 0 Å². The molecule has 0 bridgehead atoms. The third kappa shape index (κ3) is 2.20. The molecule has 0 atom stereocenters. The molecule has 3 heteroatoms. The fraction of sp³-hybridized carbons (Fsp3) is 0.800. The minimum absolute atomic E-state index is 0.333. The van der Waals surface area contributed by atoms with E-state index in [0.717, 1.165) is 13.1 Å². The molecule has 0 aromatic carbocycles. The van der Waals surface area contributed by atoms with E-state index >= 15 is 0 Å². The minimum Gasteiger partial charge on any atom is -0.331 e. The van der Waals surface area contributed by atoms with Gasteiger partial charge >= 0.3 is 0 Å². The van der Waals surface area contributed by atoms with Crippen LogP contribution in [0, 0.1) is 0 Å². The zero-order valence-electron chi connectivity index (χ0n) is 11.5. The molecule has 2 fully saturated rings. The molecule has 18 heavy (non-hydrogen) atoms. The van der Waals surface area contributed by atoms with E-state index < -0.39 is 0 Å². The zero-order chi connectivity index (χ0) is 12.4. The molecule has 0 unspecified atom stereocenters. The molecular formula is C15H25N3. The summed E-state index contributed by atoms with van der Waals surface area (Å²) in [5.41, 5.74) is 1.81. The molecule has 2 heterocycles. The first-order valence-electron chi connectivity index (χ1n) is 7.53. The monoisotopic (exact) mass is 247 g/mol. The first-order valence-corrected chi connectivity index (χ1v) is 7.53. The molecule has 3 nitrogen and oxygen atoms in total. The van der Waals surface area contributed by atoms with Gasteiger partial charge in [0.05, 0.1) is 6.33 Å². The van der Waals surface area contributed by atoms with Crippen LogP contribution in [0.1, 0.15) is 63.6 Å². The van der Waals surface area contributed by atoms with E-state index in [0.29, 0.717) is 11.5 Å². The van der Waals surface area contributed by atoms with Gasteiger partial charge in [0.15, 0.2) is 0 Å². The van der Waals surface area contributed by atoms with Crippen LogP contribution in [0.4, 0.5) is 0 Å². The summed E-state index contributed by atoms with van der Waals surface area (Å²) in [6.07, 6.45) is 13.6. The summed E-state index contributed by atoms with van der Waals surface area (Å²) >= 11 is 0. The second-order valence-electron chi connectivity index (χ2n) is 6.29. The summed E-state index contributed by atoms with van der Waals surface area (Å²) in [6, 6.07) is 0.711. The van der Waals surface area contributed by atoms with Crippen molar-refractivity contribution < 1.29 is 0 Å². The highest BCUT2D eigenvalue weighted by atomic mass is 15.1. The summed E-state index contributed by atoms with van der Waals surface area (Å²) in [5.74, 6) is 0. The van der Waals surface area contributed by atoms with Crippen LogP contribution in [-0.4, -0.2) is 22.6 Å². The number of nitrogens with one attached hydrogen (secondary N) is 1. The summed E-state index contributed by atoms with van der Waals surface area (Å²) in [4.78, 5) is 4.46. The van der Waals surface area contributed by atoms with Crippen molar-refractivity contribution in [2.24, 2.45) is 0 Å². The van der Waals surface area contributed by atoms with Crippen LogP contribution < -0.4 is 5.32 Å². The summed E-state index contributed by atoms with van der Waals surface area (Å²) in [7, 11) is 0. The lowest BCUT2D eigenvalue weighted by atomic mass is 9.78. The van der Waals surface area contributed by atoms with Crippen LogP contribution in [0.3, 0.4) is 0 Å². The van der Waals surface area contributed by atoms with E-state index in [1.807, 2.05) is 0 Å². The third-order valence-electron chi connectivity index (χ3n) is 4.96. The van der Waals surface area contributed by atoms with Crippen molar-refractivity contribution in [3.8, 4) is 0 Å². The number of imidazole rings is 1. The van der Waals surface area contributed by atoms with Crippen molar-refractivity contribution in [2.75, 3.05) is 13.1 Å². The average Bonchev–Trinajstić information content (AvgIpc) is 2.91. The summed E-state index contributed by atoms with van der Waals surface area (Å²) in [5, 5.41) is 3.47. The van der Waals surface area contributed by atoms with E-state index in [9.17, 15) is 0 Å². The van der Waals surface area contributed by atoms with Crippen LogP contribution >= 0.6 is 0 Å². The molecule has 100 valence electrons. The van der Waals surface area contributed by atoms with Gasteiger partial charge in [-0.2, -0.15) is 0 Å². The topological polar surface area (TPSA) is 29.9 Å². The lowest BCUT2D eigenvalue weighted by molar-refractivity contribution is 0.285. The number of rotatable bonds is 2. The Bertz CT molecular complexity index is 384. The predicted molar refractivity (Wildman–Crippen MR) is 73.8 cm³/mol. The third-order valence-corrected chi connectivity index (χ3v) is 4.96. The molecule has 2 aliphatic rings. The molecule has 1 N–H and O–H groups in total. The molecule has 1 saturated carbocycles. The lowest BCUT2D eigenvalue weighted by Gasteiger charge is -2.37. The zero-order valence-corrected chi connectivity index (χ0v) is 11.5. The van der Waals surface area contributed by atoms with Crippen LogP contribution in [0.15, 0.2) is 12.5 Å². The maximum absolute atomic E-state index is 4.46. The number of hydrogen-bond acceptors (Lipinski definition) is 2. The number of piperidine rings is 1. The first-order chi connectivity index (χ1) is 8.80. The van der Waals surface area contributed by atoms with Gasteiger partial charge in [0.25, 0.3) is 0 Å². The van der Waals surface area contributed by atoms with E-state index in [4.69, 9.17) is 0 Å². The molecule has 0 radical (unpaired) electrons. The molecule has 1 aliphatic heterocycles. The molecule has 3 rings (SSSR count). The van der Waals surface area contributed by atoms with Gasteiger partial charge in [-0.05, 0) is 38.8 Å². The fourth-order valence-electron chi connectivity index (χ4n) is 3.66. The van der Waals surface area contributed by atoms with Crippen LogP contribution in [0.5, 0.6) is 0 Å². The Labute approximate surface area is 110 Å². The maximum atomic E-state index is 4.46.